The number of nitrogen functional groups attached to an aromatic ring is 1. The monoisotopic (exact) mass is 367 g/mol. The Hall–Kier alpha value is -0.820. The molecule has 2 fully saturated rings. The number of ether oxygens (including phenoxy) is 1. The van der Waals surface area contributed by atoms with Crippen LogP contribution in [0, 0.1) is 0 Å². The van der Waals surface area contributed by atoms with E-state index in [2.05, 4.69) is 19.5 Å². The molecule has 3 unspecified atom stereocenters. The molecule has 14 heteroatoms. The number of nitrogens with two attached hydrogens (primary N) is 1. The molecule has 0 amide bonds. The third kappa shape index (κ3) is 2.83. The number of hydrogen-bond acceptors (Lipinski definition) is 10. The van der Waals surface area contributed by atoms with Gasteiger partial charge < -0.3 is 29.5 Å². The van der Waals surface area contributed by atoms with Crippen LogP contribution in [-0.4, -0.2) is 49.5 Å². The second-order valence-electron chi connectivity index (χ2n) is 5.14. The Labute approximate surface area is 155 Å². The Morgan fingerprint density at radius 2 is 2.29 bits per heavy atom. The van der Waals surface area contributed by atoms with Crippen molar-refractivity contribution in [1.29, 1.82) is 0 Å². The number of anilines is 1. The number of phosphoric acid groups is 1. The number of H-pyrrole nitrogens is 1. The molecule has 0 radical (unpaired) electrons. The number of aliphatic hydroxyl groups excluding tert-OH is 1. The summed E-state index contributed by atoms with van der Waals surface area (Å²) in [7, 11) is -4.47. The zero-order chi connectivity index (χ0) is 16.4. The predicted octanol–water partition coefficient (Wildman–Crippen LogP) is -5.15. The van der Waals surface area contributed by atoms with Gasteiger partial charge in [0.05, 0.1) is 12.9 Å². The fourth-order valence-electron chi connectivity index (χ4n) is 2.69. The van der Waals surface area contributed by atoms with Crippen LogP contribution in [0.15, 0.2) is 11.1 Å². The largest absolute Gasteiger partial charge is 1.00 e. The third-order valence-corrected chi connectivity index (χ3v) is 4.65. The normalized spacial score (nSPS) is 35.6. The van der Waals surface area contributed by atoms with Crippen molar-refractivity contribution in [3.8, 4) is 0 Å². The molecule has 4 N–H and O–H groups in total. The minimum Gasteiger partial charge on any atom is -0.756 e. The van der Waals surface area contributed by atoms with Crippen LogP contribution in [0.4, 0.5) is 5.95 Å². The Bertz CT molecular complexity index is 886. The quantitative estimate of drug-likeness (QED) is 0.326. The first-order valence-corrected chi connectivity index (χ1v) is 8.01. The number of nitrogens with zero attached hydrogens (tertiary/aromatic N) is 3. The van der Waals surface area contributed by atoms with E-state index in [9.17, 15) is 19.4 Å². The SMILES string of the molecule is Nc1nc2c(ncn2C2O[C@@H]3COP(=O)([O-])O[C@@H]3C2O)c(=O)[nH]1.[Na+]. The van der Waals surface area contributed by atoms with Gasteiger partial charge in [-0.1, -0.05) is 0 Å². The molecule has 12 nitrogen and oxygen atoms in total. The van der Waals surface area contributed by atoms with Crippen molar-refractivity contribution < 1.29 is 57.9 Å². The molecule has 24 heavy (non-hydrogen) atoms. The molecule has 4 heterocycles. The maximum Gasteiger partial charge on any atom is 1.00 e. The minimum absolute atomic E-state index is 0. The summed E-state index contributed by atoms with van der Waals surface area (Å²) in [6.07, 6.45) is -3.04. The van der Waals surface area contributed by atoms with Gasteiger partial charge in [-0.05, 0) is 0 Å². The van der Waals surface area contributed by atoms with Crippen molar-refractivity contribution in [1.82, 2.24) is 19.5 Å². The van der Waals surface area contributed by atoms with Gasteiger partial charge in [0.15, 0.2) is 17.4 Å². The van der Waals surface area contributed by atoms with Crippen LogP contribution in [0.25, 0.3) is 11.2 Å². The first-order valence-electron chi connectivity index (χ1n) is 6.55. The van der Waals surface area contributed by atoms with Crippen LogP contribution in [0.3, 0.4) is 0 Å². The standard InChI is InChI=1S/C10H12N5O7P.Na/c11-10-13-7-4(8(17)14-10)12-2-15(7)9-5(16)6-3(21-9)1-20-23(18,19)22-6;/h2-3,5-6,9,16H,1H2,(H,18,19)(H3,11,13,14,17);/q;+1/p-1/t3-,5?,6+,9?;/m1./s1. The summed E-state index contributed by atoms with van der Waals surface area (Å²) < 4.78 is 27.5. The number of phosphoric ester groups is 1. The molecule has 2 aliphatic heterocycles. The van der Waals surface area contributed by atoms with E-state index in [1.54, 1.807) is 0 Å². The summed E-state index contributed by atoms with van der Waals surface area (Å²) in [6.45, 7) is -0.276. The predicted molar refractivity (Wildman–Crippen MR) is 70.9 cm³/mol. The number of nitrogens with one attached hydrogen (secondary N) is 1. The zero-order valence-electron chi connectivity index (χ0n) is 12.4. The van der Waals surface area contributed by atoms with E-state index < -0.39 is 37.9 Å². The van der Waals surface area contributed by atoms with Gasteiger partial charge >= 0.3 is 29.6 Å². The molecule has 4 rings (SSSR count). The van der Waals surface area contributed by atoms with E-state index >= 15 is 0 Å². The van der Waals surface area contributed by atoms with E-state index in [1.807, 2.05) is 0 Å². The van der Waals surface area contributed by atoms with Gasteiger partial charge in [0.2, 0.25) is 5.95 Å². The van der Waals surface area contributed by atoms with Gasteiger partial charge in [0, 0.05) is 0 Å². The Balaban J connectivity index is 0.00000169. The number of rotatable bonds is 1. The van der Waals surface area contributed by atoms with Crippen molar-refractivity contribution in [3.05, 3.63) is 16.7 Å². The molecular weight excluding hydrogens is 356 g/mol. The van der Waals surface area contributed by atoms with E-state index in [-0.39, 0.29) is 53.3 Å². The number of aromatic nitrogens is 4. The topological polar surface area (TPSA) is 178 Å². The van der Waals surface area contributed by atoms with Crippen LogP contribution in [0.2, 0.25) is 0 Å². The van der Waals surface area contributed by atoms with Gasteiger partial charge in [-0.2, -0.15) is 4.98 Å². The molecule has 2 aliphatic rings. The molecule has 5 atom stereocenters. The molecule has 0 bridgehead atoms. The average Bonchev–Trinajstić information content (AvgIpc) is 3.00. The van der Waals surface area contributed by atoms with Crippen molar-refractivity contribution in [3.63, 3.8) is 0 Å². The van der Waals surface area contributed by atoms with Crippen molar-refractivity contribution >= 4 is 24.9 Å². The average molecular weight is 367 g/mol. The molecule has 0 aliphatic carbocycles. The molecule has 2 aromatic rings. The van der Waals surface area contributed by atoms with E-state index in [0.717, 1.165) is 0 Å². The Morgan fingerprint density at radius 1 is 1.54 bits per heavy atom. The minimum atomic E-state index is -4.47. The number of imidazole rings is 1. The van der Waals surface area contributed by atoms with Crippen molar-refractivity contribution in [2.75, 3.05) is 12.3 Å². The van der Waals surface area contributed by atoms with Gasteiger partial charge in [-0.25, -0.2) is 4.98 Å². The number of fused-ring (bicyclic) bond motifs is 2. The van der Waals surface area contributed by atoms with E-state index in [1.165, 1.54) is 10.9 Å². The second-order valence-corrected chi connectivity index (χ2v) is 6.51. The fraction of sp³-hybridized carbons (Fsp3) is 0.500. The Kier molecular flexibility index (Phi) is 4.62. The van der Waals surface area contributed by atoms with Crippen LogP contribution in [-0.2, 0) is 18.3 Å². The maximum atomic E-state index is 11.8. The van der Waals surface area contributed by atoms with Crippen LogP contribution in [0.1, 0.15) is 6.23 Å². The van der Waals surface area contributed by atoms with E-state index in [4.69, 9.17) is 15.0 Å². The molecule has 2 aromatic heterocycles. The zero-order valence-corrected chi connectivity index (χ0v) is 15.3. The smallest absolute Gasteiger partial charge is 0.756 e. The molecule has 0 spiro atoms. The van der Waals surface area contributed by atoms with Crippen LogP contribution in [0.5, 0.6) is 0 Å². The van der Waals surface area contributed by atoms with Crippen molar-refractivity contribution in [2.24, 2.45) is 0 Å². The van der Waals surface area contributed by atoms with Crippen LogP contribution >= 0.6 is 7.82 Å². The molecule has 2 saturated heterocycles. The van der Waals surface area contributed by atoms with Gasteiger partial charge in [-0.3, -0.25) is 18.9 Å². The summed E-state index contributed by atoms with van der Waals surface area (Å²) in [6, 6.07) is 0. The van der Waals surface area contributed by atoms with Crippen LogP contribution < -0.4 is 45.7 Å². The first kappa shape index (κ1) is 18.0. The summed E-state index contributed by atoms with van der Waals surface area (Å²) in [5, 5.41) is 10.3. The number of hydrogen-bond donors (Lipinski definition) is 3. The summed E-state index contributed by atoms with van der Waals surface area (Å²) in [5.74, 6) is -0.127. The van der Waals surface area contributed by atoms with Gasteiger partial charge in [0.25, 0.3) is 13.4 Å². The summed E-state index contributed by atoms with van der Waals surface area (Å²) in [4.78, 5) is 33.3. The molecule has 124 valence electrons. The molecule has 0 saturated carbocycles. The second kappa shape index (κ2) is 6.16. The number of aliphatic hydroxyl groups is 1. The van der Waals surface area contributed by atoms with E-state index in [0.29, 0.717) is 0 Å². The van der Waals surface area contributed by atoms with Gasteiger partial charge in [-0.15, -0.1) is 0 Å². The third-order valence-electron chi connectivity index (χ3n) is 3.68. The fourth-order valence-corrected chi connectivity index (χ4v) is 3.64. The maximum absolute atomic E-state index is 11.8. The summed E-state index contributed by atoms with van der Waals surface area (Å²) >= 11 is 0. The number of aromatic amines is 1. The molecule has 0 aromatic carbocycles. The first-order chi connectivity index (χ1) is 10.9. The van der Waals surface area contributed by atoms with Gasteiger partial charge in [0.1, 0.15) is 18.3 Å². The van der Waals surface area contributed by atoms with Crippen molar-refractivity contribution in [2.45, 2.75) is 24.5 Å². The molecular formula is C10H11N5NaO7P. The Morgan fingerprint density at radius 3 is 3.04 bits per heavy atom. The summed E-state index contributed by atoms with van der Waals surface area (Å²) in [5.41, 5.74) is 5.07.